The number of hydrogen-bond donors (Lipinski definition) is 1. The van der Waals surface area contributed by atoms with Crippen LogP contribution in [0.3, 0.4) is 0 Å². The van der Waals surface area contributed by atoms with E-state index in [2.05, 4.69) is 0 Å². The van der Waals surface area contributed by atoms with Crippen LogP contribution in [0.4, 0.5) is 4.79 Å². The first-order valence-corrected chi connectivity index (χ1v) is 6.42. The number of hydrogen-bond acceptors (Lipinski definition) is 3. The van der Waals surface area contributed by atoms with Crippen molar-refractivity contribution in [3.8, 4) is 0 Å². The van der Waals surface area contributed by atoms with Gasteiger partial charge in [0.1, 0.15) is 5.60 Å². The number of carboxylic acid groups (broad SMARTS) is 1. The minimum absolute atomic E-state index is 0.0174. The fourth-order valence-corrected chi connectivity index (χ4v) is 2.30. The molecule has 0 aromatic carbocycles. The molecular weight excluding hydrogens is 234 g/mol. The van der Waals surface area contributed by atoms with Crippen molar-refractivity contribution in [1.82, 2.24) is 4.90 Å². The zero-order valence-corrected chi connectivity index (χ0v) is 11.6. The highest BCUT2D eigenvalue weighted by Gasteiger charge is 2.34. The number of nitrogens with zero attached hydrogens (tertiary/aromatic N) is 1. The predicted octanol–water partition coefficient (Wildman–Crippen LogP) is 2.50. The molecule has 0 radical (unpaired) electrons. The molecule has 1 aliphatic rings. The second kappa shape index (κ2) is 5.59. The van der Waals surface area contributed by atoms with Crippen LogP contribution in [-0.4, -0.2) is 40.3 Å². The molecule has 1 amide bonds. The lowest BCUT2D eigenvalue weighted by atomic mass is 9.88. The molecule has 0 saturated carbocycles. The van der Waals surface area contributed by atoms with Gasteiger partial charge in [0.05, 0.1) is 6.42 Å². The van der Waals surface area contributed by atoms with Crippen molar-refractivity contribution in [2.45, 2.75) is 58.6 Å². The van der Waals surface area contributed by atoms with Crippen LogP contribution in [0.5, 0.6) is 0 Å². The van der Waals surface area contributed by atoms with Gasteiger partial charge in [0, 0.05) is 12.6 Å². The Morgan fingerprint density at radius 3 is 2.50 bits per heavy atom. The molecule has 2 atom stereocenters. The minimum atomic E-state index is -0.808. The van der Waals surface area contributed by atoms with Gasteiger partial charge in [-0.2, -0.15) is 0 Å². The zero-order valence-electron chi connectivity index (χ0n) is 11.6. The van der Waals surface area contributed by atoms with Crippen LogP contribution in [0.25, 0.3) is 0 Å². The van der Waals surface area contributed by atoms with Gasteiger partial charge in [0.15, 0.2) is 0 Å². The molecule has 1 N–H and O–H groups in total. The smallest absolute Gasteiger partial charge is 0.410 e. The molecule has 2 unspecified atom stereocenters. The molecule has 1 saturated heterocycles. The monoisotopic (exact) mass is 257 g/mol. The Balaban J connectivity index is 2.65. The van der Waals surface area contributed by atoms with Gasteiger partial charge >= 0.3 is 12.1 Å². The molecule has 1 rings (SSSR count). The fourth-order valence-electron chi connectivity index (χ4n) is 2.30. The molecule has 104 valence electrons. The highest BCUT2D eigenvalue weighted by Crippen LogP contribution is 2.27. The number of carboxylic acids is 1. The average Bonchev–Trinajstić information content (AvgIpc) is 2.17. The topological polar surface area (TPSA) is 66.8 Å². The van der Waals surface area contributed by atoms with E-state index >= 15 is 0 Å². The van der Waals surface area contributed by atoms with E-state index in [0.717, 1.165) is 12.8 Å². The maximum Gasteiger partial charge on any atom is 0.410 e. The van der Waals surface area contributed by atoms with Crippen molar-refractivity contribution in [2.24, 2.45) is 5.92 Å². The summed E-state index contributed by atoms with van der Waals surface area (Å²) in [4.78, 5) is 24.5. The summed E-state index contributed by atoms with van der Waals surface area (Å²) in [6, 6.07) is -0.0790. The van der Waals surface area contributed by atoms with Crippen LogP contribution < -0.4 is 0 Å². The molecule has 0 bridgehead atoms. The zero-order chi connectivity index (χ0) is 13.9. The summed E-state index contributed by atoms with van der Waals surface area (Å²) in [5, 5.41) is 8.86. The summed E-state index contributed by atoms with van der Waals surface area (Å²) >= 11 is 0. The summed E-state index contributed by atoms with van der Waals surface area (Å²) in [6.07, 6.45) is 1.46. The summed E-state index contributed by atoms with van der Waals surface area (Å²) in [7, 11) is 0. The van der Waals surface area contributed by atoms with Crippen molar-refractivity contribution in [3.05, 3.63) is 0 Å². The predicted molar refractivity (Wildman–Crippen MR) is 67.4 cm³/mol. The molecule has 0 aromatic rings. The minimum Gasteiger partial charge on any atom is -0.481 e. The standard InChI is InChI=1S/C13H23NO4/c1-9-10(8-11(15)16)6-5-7-14(9)12(17)18-13(2,3)4/h9-10H,5-8H2,1-4H3,(H,15,16). The summed E-state index contributed by atoms with van der Waals surface area (Å²) in [5.41, 5.74) is -0.517. The number of rotatable bonds is 2. The number of likely N-dealkylation sites (tertiary alicyclic amines) is 1. The maximum atomic E-state index is 12.0. The molecule has 0 aliphatic carbocycles. The third-order valence-corrected chi connectivity index (χ3v) is 3.21. The van der Waals surface area contributed by atoms with E-state index in [1.54, 1.807) is 4.90 Å². The van der Waals surface area contributed by atoms with E-state index in [4.69, 9.17) is 9.84 Å². The van der Waals surface area contributed by atoms with Gasteiger partial charge in [0.25, 0.3) is 0 Å². The molecular formula is C13H23NO4. The highest BCUT2D eigenvalue weighted by molar-refractivity contribution is 5.70. The lowest BCUT2D eigenvalue weighted by molar-refractivity contribution is -0.139. The number of piperidine rings is 1. The lowest BCUT2D eigenvalue weighted by Crippen LogP contribution is -2.49. The second-order valence-corrected chi connectivity index (χ2v) is 5.91. The average molecular weight is 257 g/mol. The third kappa shape index (κ3) is 4.20. The van der Waals surface area contributed by atoms with Gasteiger partial charge in [-0.15, -0.1) is 0 Å². The van der Waals surface area contributed by atoms with Crippen molar-refractivity contribution in [1.29, 1.82) is 0 Å². The van der Waals surface area contributed by atoms with Crippen molar-refractivity contribution < 1.29 is 19.4 Å². The molecule has 1 fully saturated rings. The number of carbonyl (C=O) groups is 2. The Hall–Kier alpha value is -1.26. The second-order valence-electron chi connectivity index (χ2n) is 5.91. The molecule has 1 heterocycles. The molecule has 18 heavy (non-hydrogen) atoms. The Morgan fingerprint density at radius 1 is 1.39 bits per heavy atom. The van der Waals surface area contributed by atoms with Crippen LogP contribution >= 0.6 is 0 Å². The Kier molecular flexibility index (Phi) is 4.59. The van der Waals surface area contributed by atoms with E-state index in [1.165, 1.54) is 0 Å². The van der Waals surface area contributed by atoms with Crippen molar-refractivity contribution in [2.75, 3.05) is 6.54 Å². The summed E-state index contributed by atoms with van der Waals surface area (Å²) in [5.74, 6) is -0.790. The quantitative estimate of drug-likeness (QED) is 0.825. The molecule has 1 aliphatic heterocycles. The first kappa shape index (κ1) is 14.8. The summed E-state index contributed by atoms with van der Waals surface area (Å²) < 4.78 is 5.34. The van der Waals surface area contributed by atoms with Gasteiger partial charge < -0.3 is 14.7 Å². The maximum absolute atomic E-state index is 12.0. The van der Waals surface area contributed by atoms with Gasteiger partial charge in [0.2, 0.25) is 0 Å². The first-order valence-electron chi connectivity index (χ1n) is 6.42. The molecule has 0 aromatic heterocycles. The number of amides is 1. The SMILES string of the molecule is CC1C(CC(=O)O)CCCN1C(=O)OC(C)(C)C. The largest absolute Gasteiger partial charge is 0.481 e. The van der Waals surface area contributed by atoms with Crippen LogP contribution in [0.2, 0.25) is 0 Å². The van der Waals surface area contributed by atoms with Gasteiger partial charge in [-0.25, -0.2) is 4.79 Å². The van der Waals surface area contributed by atoms with Crippen LogP contribution in [0, 0.1) is 5.92 Å². The first-order chi connectivity index (χ1) is 8.20. The van der Waals surface area contributed by atoms with Crippen LogP contribution in [-0.2, 0) is 9.53 Å². The number of carbonyl (C=O) groups excluding carboxylic acids is 1. The van der Waals surface area contributed by atoms with E-state index < -0.39 is 11.6 Å². The third-order valence-electron chi connectivity index (χ3n) is 3.21. The van der Waals surface area contributed by atoms with E-state index in [1.807, 2.05) is 27.7 Å². The van der Waals surface area contributed by atoms with Gasteiger partial charge in [-0.3, -0.25) is 4.79 Å². The Labute approximate surface area is 108 Å². The highest BCUT2D eigenvalue weighted by atomic mass is 16.6. The lowest BCUT2D eigenvalue weighted by Gasteiger charge is -2.39. The van der Waals surface area contributed by atoms with E-state index in [9.17, 15) is 9.59 Å². The number of aliphatic carboxylic acids is 1. The van der Waals surface area contributed by atoms with Crippen molar-refractivity contribution in [3.63, 3.8) is 0 Å². The van der Waals surface area contributed by atoms with Crippen molar-refractivity contribution >= 4 is 12.1 Å². The van der Waals surface area contributed by atoms with Gasteiger partial charge in [-0.05, 0) is 46.5 Å². The Morgan fingerprint density at radius 2 is 2.00 bits per heavy atom. The fraction of sp³-hybridized carbons (Fsp3) is 0.846. The number of ether oxygens (including phenoxy) is 1. The molecule has 5 heteroatoms. The van der Waals surface area contributed by atoms with E-state index in [0.29, 0.717) is 6.54 Å². The van der Waals surface area contributed by atoms with Gasteiger partial charge in [-0.1, -0.05) is 0 Å². The van der Waals surface area contributed by atoms with Crippen LogP contribution in [0.1, 0.15) is 47.0 Å². The van der Waals surface area contributed by atoms with E-state index in [-0.39, 0.29) is 24.5 Å². The normalized spacial score (nSPS) is 24.8. The Bertz CT molecular complexity index is 321. The summed E-state index contributed by atoms with van der Waals surface area (Å²) in [6.45, 7) is 8.03. The van der Waals surface area contributed by atoms with Crippen LogP contribution in [0.15, 0.2) is 0 Å². The molecule has 0 spiro atoms. The molecule has 5 nitrogen and oxygen atoms in total.